The van der Waals surface area contributed by atoms with Crippen LogP contribution in [-0.2, 0) is 5.88 Å². The topological polar surface area (TPSA) is 12.9 Å². The molecule has 0 aromatic carbocycles. The maximum Gasteiger partial charge on any atom is 0.265 e. The van der Waals surface area contributed by atoms with Gasteiger partial charge in [-0.05, 0) is 28.4 Å². The highest BCUT2D eigenvalue weighted by molar-refractivity contribution is 9.10. The molecule has 0 unspecified atom stereocenters. The van der Waals surface area contributed by atoms with Crippen LogP contribution < -0.4 is 0 Å². The molecule has 0 amide bonds. The number of alkyl halides is 3. The maximum absolute atomic E-state index is 12.4. The molecule has 0 bridgehead atoms. The number of halogens is 4. The number of hydrogen-bond acceptors (Lipinski definition) is 1. The lowest BCUT2D eigenvalue weighted by Gasteiger charge is -2.09. The fraction of sp³-hybridized carbons (Fsp3) is 0.375. The highest BCUT2D eigenvalue weighted by Gasteiger charge is 2.16. The van der Waals surface area contributed by atoms with Gasteiger partial charge in [0.2, 0.25) is 0 Å². The standard InChI is InChI=1S/C8H7BrClF2N/c1-4-7(9)5(2-10)6(3-13-4)8(11)12/h3,8H,2H2,1H3. The van der Waals surface area contributed by atoms with Crippen LogP contribution in [0.25, 0.3) is 0 Å². The Morgan fingerprint density at radius 2 is 2.23 bits per heavy atom. The number of aryl methyl sites for hydroxylation is 1. The summed E-state index contributed by atoms with van der Waals surface area (Å²) in [5.41, 5.74) is 0.983. The zero-order valence-corrected chi connectivity index (χ0v) is 9.16. The molecule has 1 nitrogen and oxygen atoms in total. The van der Waals surface area contributed by atoms with E-state index >= 15 is 0 Å². The number of rotatable bonds is 2. The Labute approximate surface area is 88.2 Å². The van der Waals surface area contributed by atoms with E-state index < -0.39 is 6.43 Å². The predicted molar refractivity (Wildman–Crippen MR) is 51.2 cm³/mol. The Hall–Kier alpha value is -0.220. The highest BCUT2D eigenvalue weighted by Crippen LogP contribution is 2.30. The summed E-state index contributed by atoms with van der Waals surface area (Å²) in [6.45, 7) is 1.73. The Bertz CT molecular complexity index is 317. The molecule has 0 radical (unpaired) electrons. The van der Waals surface area contributed by atoms with E-state index in [4.69, 9.17) is 11.6 Å². The Balaban J connectivity index is 3.30. The quantitative estimate of drug-likeness (QED) is 0.744. The van der Waals surface area contributed by atoms with Gasteiger partial charge < -0.3 is 0 Å². The molecule has 1 aromatic heterocycles. The molecule has 0 atom stereocenters. The third kappa shape index (κ3) is 2.17. The molecule has 72 valence electrons. The number of hydrogen-bond donors (Lipinski definition) is 0. The highest BCUT2D eigenvalue weighted by atomic mass is 79.9. The van der Waals surface area contributed by atoms with E-state index in [9.17, 15) is 8.78 Å². The van der Waals surface area contributed by atoms with E-state index in [0.717, 1.165) is 0 Å². The van der Waals surface area contributed by atoms with E-state index in [0.29, 0.717) is 15.7 Å². The molecule has 0 spiro atoms. The first-order valence-corrected chi connectivity index (χ1v) is 4.88. The minimum atomic E-state index is -2.53. The summed E-state index contributed by atoms with van der Waals surface area (Å²) in [4.78, 5) is 3.82. The number of nitrogens with zero attached hydrogens (tertiary/aromatic N) is 1. The monoisotopic (exact) mass is 269 g/mol. The summed E-state index contributed by atoms with van der Waals surface area (Å²) in [6.07, 6.45) is -1.36. The smallest absolute Gasteiger partial charge is 0.260 e. The summed E-state index contributed by atoms with van der Waals surface area (Å²) in [6, 6.07) is 0. The van der Waals surface area contributed by atoms with E-state index in [2.05, 4.69) is 20.9 Å². The van der Waals surface area contributed by atoms with Crippen LogP contribution in [0.3, 0.4) is 0 Å². The molecule has 1 heterocycles. The fourth-order valence-corrected chi connectivity index (χ4v) is 1.89. The van der Waals surface area contributed by atoms with Crippen LogP contribution >= 0.6 is 27.5 Å². The molecule has 0 fully saturated rings. The van der Waals surface area contributed by atoms with Crippen LogP contribution in [0.5, 0.6) is 0 Å². The average Bonchev–Trinajstić information content (AvgIpc) is 2.09. The number of aromatic nitrogens is 1. The minimum absolute atomic E-state index is 0.0591. The molecule has 0 saturated carbocycles. The SMILES string of the molecule is Cc1ncc(C(F)F)c(CCl)c1Br. The van der Waals surface area contributed by atoms with Crippen molar-refractivity contribution in [1.29, 1.82) is 0 Å². The first-order valence-electron chi connectivity index (χ1n) is 3.56. The van der Waals surface area contributed by atoms with Crippen LogP contribution in [-0.4, -0.2) is 4.98 Å². The van der Waals surface area contributed by atoms with E-state index in [-0.39, 0.29) is 11.4 Å². The maximum atomic E-state index is 12.4. The van der Waals surface area contributed by atoms with Crippen molar-refractivity contribution in [2.24, 2.45) is 0 Å². The van der Waals surface area contributed by atoms with Gasteiger partial charge in [0, 0.05) is 22.1 Å². The van der Waals surface area contributed by atoms with E-state index in [1.165, 1.54) is 6.20 Å². The number of pyridine rings is 1. The zero-order valence-electron chi connectivity index (χ0n) is 6.82. The van der Waals surface area contributed by atoms with Crippen molar-refractivity contribution in [1.82, 2.24) is 4.98 Å². The average molecular weight is 271 g/mol. The molecule has 13 heavy (non-hydrogen) atoms. The van der Waals surface area contributed by atoms with Crippen molar-refractivity contribution in [2.45, 2.75) is 19.2 Å². The molecule has 5 heteroatoms. The summed E-state index contributed by atoms with van der Waals surface area (Å²) in [7, 11) is 0. The molecule has 1 aromatic rings. The molecule has 0 aliphatic heterocycles. The van der Waals surface area contributed by atoms with Gasteiger partial charge in [-0.1, -0.05) is 0 Å². The normalized spacial score (nSPS) is 10.9. The van der Waals surface area contributed by atoms with Gasteiger partial charge in [-0.3, -0.25) is 4.98 Å². The molecule has 0 aliphatic rings. The van der Waals surface area contributed by atoms with Gasteiger partial charge in [0.1, 0.15) is 0 Å². The van der Waals surface area contributed by atoms with Gasteiger partial charge in [0.05, 0.1) is 5.69 Å². The minimum Gasteiger partial charge on any atom is -0.260 e. The van der Waals surface area contributed by atoms with Gasteiger partial charge in [-0.2, -0.15) is 0 Å². The zero-order chi connectivity index (χ0) is 10.0. The van der Waals surface area contributed by atoms with E-state index in [1.807, 2.05) is 0 Å². The summed E-state index contributed by atoms with van der Waals surface area (Å²) < 4.78 is 25.4. The summed E-state index contributed by atoms with van der Waals surface area (Å²) in [5, 5.41) is 0. The van der Waals surface area contributed by atoms with Gasteiger partial charge in [-0.15, -0.1) is 11.6 Å². The molecule has 0 saturated heterocycles. The lowest BCUT2D eigenvalue weighted by Crippen LogP contribution is -1.98. The Morgan fingerprint density at radius 1 is 1.62 bits per heavy atom. The second-order valence-electron chi connectivity index (χ2n) is 2.53. The third-order valence-corrected chi connectivity index (χ3v) is 3.02. The predicted octanol–water partition coefficient (Wildman–Crippen LogP) is 3.83. The van der Waals surface area contributed by atoms with Crippen LogP contribution in [0.1, 0.15) is 23.2 Å². The van der Waals surface area contributed by atoms with Crippen LogP contribution in [0.4, 0.5) is 8.78 Å². The third-order valence-electron chi connectivity index (χ3n) is 1.70. The van der Waals surface area contributed by atoms with Gasteiger partial charge in [-0.25, -0.2) is 8.78 Å². The van der Waals surface area contributed by atoms with Gasteiger partial charge >= 0.3 is 0 Å². The largest absolute Gasteiger partial charge is 0.265 e. The molecular formula is C8H7BrClF2N. The molecule has 0 N–H and O–H groups in total. The molecule has 0 aliphatic carbocycles. The summed E-state index contributed by atoms with van der Waals surface area (Å²) >= 11 is 8.74. The van der Waals surface area contributed by atoms with Crippen molar-refractivity contribution in [3.05, 3.63) is 27.5 Å². The molecule has 1 rings (SSSR count). The Kier molecular flexibility index (Phi) is 3.62. The van der Waals surface area contributed by atoms with Crippen LogP contribution in [0.2, 0.25) is 0 Å². The first-order chi connectivity index (χ1) is 6.07. The van der Waals surface area contributed by atoms with Crippen molar-refractivity contribution in [3.8, 4) is 0 Å². The second kappa shape index (κ2) is 4.33. The van der Waals surface area contributed by atoms with Crippen LogP contribution in [0, 0.1) is 6.92 Å². The van der Waals surface area contributed by atoms with Gasteiger partial charge in [0.15, 0.2) is 0 Å². The fourth-order valence-electron chi connectivity index (χ4n) is 0.970. The lowest BCUT2D eigenvalue weighted by atomic mass is 10.1. The van der Waals surface area contributed by atoms with Crippen molar-refractivity contribution in [3.63, 3.8) is 0 Å². The first kappa shape index (κ1) is 10.9. The van der Waals surface area contributed by atoms with E-state index in [1.54, 1.807) is 6.92 Å². The summed E-state index contributed by atoms with van der Waals surface area (Å²) in [5.74, 6) is 0.0591. The van der Waals surface area contributed by atoms with Crippen molar-refractivity contribution < 1.29 is 8.78 Å². The van der Waals surface area contributed by atoms with Crippen molar-refractivity contribution >= 4 is 27.5 Å². The Morgan fingerprint density at radius 3 is 2.69 bits per heavy atom. The van der Waals surface area contributed by atoms with Crippen LogP contribution in [0.15, 0.2) is 10.7 Å². The van der Waals surface area contributed by atoms with Gasteiger partial charge in [0.25, 0.3) is 6.43 Å². The second-order valence-corrected chi connectivity index (χ2v) is 3.59. The van der Waals surface area contributed by atoms with Crippen molar-refractivity contribution in [2.75, 3.05) is 0 Å². The lowest BCUT2D eigenvalue weighted by molar-refractivity contribution is 0.150. The molecular weight excluding hydrogens is 263 g/mol.